The van der Waals surface area contributed by atoms with Crippen LogP contribution < -0.4 is 10.2 Å². The summed E-state index contributed by atoms with van der Waals surface area (Å²) in [4.78, 5) is 34.2. The second kappa shape index (κ2) is 6.00. The van der Waals surface area contributed by atoms with Crippen LogP contribution in [0.25, 0.3) is 0 Å². The maximum atomic E-state index is 11.3. The highest BCUT2D eigenvalue weighted by molar-refractivity contribution is 5.91. The summed E-state index contributed by atoms with van der Waals surface area (Å²) in [7, 11) is 3.03. The lowest BCUT2D eigenvalue weighted by Crippen LogP contribution is -2.33. The molecule has 1 amide bonds. The highest BCUT2D eigenvalue weighted by Gasteiger charge is 2.21. The van der Waals surface area contributed by atoms with Crippen LogP contribution in [-0.4, -0.2) is 42.5 Å². The molecule has 0 atom stereocenters. The van der Waals surface area contributed by atoms with Crippen molar-refractivity contribution in [1.29, 1.82) is 0 Å². The maximum absolute atomic E-state index is 11.3. The van der Waals surface area contributed by atoms with Crippen molar-refractivity contribution in [2.75, 3.05) is 25.5 Å². The number of nitro benzene ring substituents is 1. The van der Waals surface area contributed by atoms with Crippen molar-refractivity contribution in [3.63, 3.8) is 0 Å². The fourth-order valence-corrected chi connectivity index (χ4v) is 1.77. The molecule has 0 aliphatic heterocycles. The minimum atomic E-state index is -1.26. The van der Waals surface area contributed by atoms with Crippen LogP contribution in [0.5, 0.6) is 0 Å². The zero-order chi connectivity index (χ0) is 15.4. The second-order valence-electron chi connectivity index (χ2n) is 4.23. The largest absolute Gasteiger partial charge is 0.478 e. The third kappa shape index (κ3) is 3.22. The topological polar surface area (TPSA) is 113 Å². The lowest BCUT2D eigenvalue weighted by molar-refractivity contribution is -0.385. The summed E-state index contributed by atoms with van der Waals surface area (Å²) >= 11 is 0. The molecule has 1 aromatic rings. The molecule has 0 aliphatic rings. The number of hydrogen-bond donors (Lipinski definition) is 2. The zero-order valence-corrected chi connectivity index (χ0v) is 11.3. The summed E-state index contributed by atoms with van der Waals surface area (Å²) in [6.45, 7) is 1.48. The molecule has 0 bridgehead atoms. The van der Waals surface area contributed by atoms with E-state index in [1.807, 2.05) is 0 Å². The van der Waals surface area contributed by atoms with E-state index in [1.165, 1.54) is 24.9 Å². The standard InChI is InChI=1S/C12H15N3O5/c1-7-9(14(3)6-11(16)13-2)4-8(12(17)18)5-10(7)15(19)20/h4-5H,6H2,1-3H3,(H,13,16)(H,17,18). The fraction of sp³-hybridized carbons (Fsp3) is 0.333. The number of anilines is 1. The lowest BCUT2D eigenvalue weighted by Gasteiger charge is -2.20. The van der Waals surface area contributed by atoms with Gasteiger partial charge in [-0.25, -0.2) is 4.79 Å². The van der Waals surface area contributed by atoms with Gasteiger partial charge in [-0.15, -0.1) is 0 Å². The Hall–Kier alpha value is -2.64. The number of nitro groups is 1. The Labute approximate surface area is 115 Å². The molecule has 8 nitrogen and oxygen atoms in total. The van der Waals surface area contributed by atoms with Crippen molar-refractivity contribution < 1.29 is 19.6 Å². The van der Waals surface area contributed by atoms with E-state index >= 15 is 0 Å². The predicted molar refractivity (Wildman–Crippen MR) is 72.1 cm³/mol. The van der Waals surface area contributed by atoms with Crippen LogP contribution in [-0.2, 0) is 4.79 Å². The molecule has 0 saturated heterocycles. The SMILES string of the molecule is CNC(=O)CN(C)c1cc(C(=O)O)cc([N+](=O)[O-])c1C. The summed E-state index contributed by atoms with van der Waals surface area (Å²) in [6, 6.07) is 2.32. The number of carbonyl (C=O) groups excluding carboxylic acids is 1. The molecule has 1 rings (SSSR count). The van der Waals surface area contributed by atoms with Crippen LogP contribution in [0.15, 0.2) is 12.1 Å². The number of nitrogens with zero attached hydrogens (tertiary/aromatic N) is 2. The number of nitrogens with one attached hydrogen (secondary N) is 1. The number of likely N-dealkylation sites (N-methyl/N-ethyl adjacent to an activating group) is 2. The van der Waals surface area contributed by atoms with Gasteiger partial charge in [-0.3, -0.25) is 14.9 Å². The van der Waals surface area contributed by atoms with Gasteiger partial charge in [0.2, 0.25) is 5.91 Å². The monoisotopic (exact) mass is 281 g/mol. The molecule has 108 valence electrons. The molecule has 0 aromatic heterocycles. The van der Waals surface area contributed by atoms with Crippen LogP contribution in [0.2, 0.25) is 0 Å². The number of hydrogen-bond acceptors (Lipinski definition) is 5. The van der Waals surface area contributed by atoms with Gasteiger partial charge in [0.05, 0.1) is 22.6 Å². The van der Waals surface area contributed by atoms with Gasteiger partial charge in [0.25, 0.3) is 5.69 Å². The van der Waals surface area contributed by atoms with E-state index in [4.69, 9.17) is 5.11 Å². The van der Waals surface area contributed by atoms with Crippen LogP contribution in [0.4, 0.5) is 11.4 Å². The van der Waals surface area contributed by atoms with Crippen molar-refractivity contribution in [3.05, 3.63) is 33.4 Å². The van der Waals surface area contributed by atoms with Gasteiger partial charge >= 0.3 is 5.97 Å². The first kappa shape index (κ1) is 15.4. The average Bonchev–Trinajstić information content (AvgIpc) is 2.37. The Morgan fingerprint density at radius 1 is 1.45 bits per heavy atom. The van der Waals surface area contributed by atoms with Crippen molar-refractivity contribution in [2.24, 2.45) is 0 Å². The third-order valence-electron chi connectivity index (χ3n) is 2.87. The Kier molecular flexibility index (Phi) is 4.63. The van der Waals surface area contributed by atoms with Gasteiger partial charge in [-0.05, 0) is 13.0 Å². The quantitative estimate of drug-likeness (QED) is 0.609. The van der Waals surface area contributed by atoms with E-state index in [0.717, 1.165) is 6.07 Å². The number of aromatic carboxylic acids is 1. The molecule has 2 N–H and O–H groups in total. The van der Waals surface area contributed by atoms with Crippen LogP contribution >= 0.6 is 0 Å². The molecule has 0 saturated carbocycles. The minimum Gasteiger partial charge on any atom is -0.478 e. The van der Waals surface area contributed by atoms with E-state index < -0.39 is 10.9 Å². The Morgan fingerprint density at radius 3 is 2.50 bits per heavy atom. The van der Waals surface area contributed by atoms with E-state index in [0.29, 0.717) is 11.3 Å². The van der Waals surface area contributed by atoms with E-state index in [2.05, 4.69) is 5.32 Å². The van der Waals surface area contributed by atoms with Gasteiger partial charge in [0.1, 0.15) is 0 Å². The number of benzene rings is 1. The number of carboxylic acids is 1. The molecule has 8 heteroatoms. The minimum absolute atomic E-state index is 0.0302. The van der Waals surface area contributed by atoms with E-state index in [9.17, 15) is 19.7 Å². The zero-order valence-electron chi connectivity index (χ0n) is 11.3. The Bertz CT molecular complexity index is 570. The Balaban J connectivity index is 3.33. The molecule has 20 heavy (non-hydrogen) atoms. The van der Waals surface area contributed by atoms with Gasteiger partial charge < -0.3 is 15.3 Å². The van der Waals surface area contributed by atoms with Crippen molar-refractivity contribution in [2.45, 2.75) is 6.92 Å². The summed E-state index contributed by atoms with van der Waals surface area (Å²) in [6.07, 6.45) is 0. The van der Waals surface area contributed by atoms with Crippen LogP contribution in [0, 0.1) is 17.0 Å². The van der Waals surface area contributed by atoms with Gasteiger partial charge in [-0.1, -0.05) is 0 Å². The summed E-state index contributed by atoms with van der Waals surface area (Å²) in [5.41, 5.74) is 0.163. The van der Waals surface area contributed by atoms with Gasteiger partial charge in [-0.2, -0.15) is 0 Å². The van der Waals surface area contributed by atoms with E-state index in [1.54, 1.807) is 7.05 Å². The summed E-state index contributed by atoms with van der Waals surface area (Å²) in [5.74, 6) is -1.54. The fourth-order valence-electron chi connectivity index (χ4n) is 1.77. The molecular formula is C12H15N3O5. The maximum Gasteiger partial charge on any atom is 0.336 e. The smallest absolute Gasteiger partial charge is 0.336 e. The van der Waals surface area contributed by atoms with Gasteiger partial charge in [0.15, 0.2) is 0 Å². The third-order valence-corrected chi connectivity index (χ3v) is 2.87. The number of amides is 1. The molecule has 0 spiro atoms. The molecular weight excluding hydrogens is 266 g/mol. The first-order valence-electron chi connectivity index (χ1n) is 5.72. The lowest BCUT2D eigenvalue weighted by atomic mass is 10.1. The first-order valence-corrected chi connectivity index (χ1v) is 5.72. The van der Waals surface area contributed by atoms with Crippen molar-refractivity contribution in [1.82, 2.24) is 5.32 Å². The van der Waals surface area contributed by atoms with E-state index in [-0.39, 0.29) is 23.7 Å². The number of carbonyl (C=O) groups is 2. The molecule has 0 heterocycles. The molecule has 1 aromatic carbocycles. The number of carboxylic acid groups (broad SMARTS) is 1. The highest BCUT2D eigenvalue weighted by Crippen LogP contribution is 2.29. The Morgan fingerprint density at radius 2 is 2.05 bits per heavy atom. The normalized spacial score (nSPS) is 9.95. The first-order chi connectivity index (χ1) is 9.27. The molecule has 0 aliphatic carbocycles. The summed E-state index contributed by atoms with van der Waals surface area (Å²) in [5, 5.41) is 22.4. The number of rotatable bonds is 5. The van der Waals surface area contributed by atoms with Crippen LogP contribution in [0.3, 0.4) is 0 Å². The van der Waals surface area contributed by atoms with Crippen molar-refractivity contribution in [3.8, 4) is 0 Å². The average molecular weight is 281 g/mol. The highest BCUT2D eigenvalue weighted by atomic mass is 16.6. The summed E-state index contributed by atoms with van der Waals surface area (Å²) < 4.78 is 0. The molecule has 0 unspecified atom stereocenters. The van der Waals surface area contributed by atoms with Gasteiger partial charge in [0, 0.05) is 25.8 Å². The predicted octanol–water partition coefficient (Wildman–Crippen LogP) is 0.784. The van der Waals surface area contributed by atoms with Crippen molar-refractivity contribution >= 4 is 23.3 Å². The van der Waals surface area contributed by atoms with Crippen LogP contribution in [0.1, 0.15) is 15.9 Å². The second-order valence-corrected chi connectivity index (χ2v) is 4.23. The molecule has 0 fully saturated rings. The molecule has 0 radical (unpaired) electrons.